The zero-order chi connectivity index (χ0) is 13.9. The summed E-state index contributed by atoms with van der Waals surface area (Å²) in [6.45, 7) is 3.04. The van der Waals surface area contributed by atoms with Gasteiger partial charge in [-0.05, 0) is 31.0 Å². The molecular formula is C11H14FNO4S. The lowest BCUT2D eigenvalue weighted by Gasteiger charge is -2.13. The highest BCUT2D eigenvalue weighted by Gasteiger charge is 2.24. The van der Waals surface area contributed by atoms with E-state index in [1.807, 2.05) is 4.72 Å². The standard InChI is InChI=1S/C11H14FNO4S/c1-3-10(11(14)15)13-18(16,17)8-5-4-7(2)9(12)6-8/h4-6,10,13H,3H2,1-2H3,(H,14,15)/t10-/m1/s1. The third-order valence-corrected chi connectivity index (χ3v) is 3.93. The van der Waals surface area contributed by atoms with Crippen molar-refractivity contribution in [2.24, 2.45) is 0 Å². The summed E-state index contributed by atoms with van der Waals surface area (Å²) in [7, 11) is -4.03. The first kappa shape index (κ1) is 14.6. The van der Waals surface area contributed by atoms with E-state index in [4.69, 9.17) is 5.11 Å². The third-order valence-electron chi connectivity index (χ3n) is 2.46. The van der Waals surface area contributed by atoms with E-state index >= 15 is 0 Å². The quantitative estimate of drug-likeness (QED) is 0.847. The van der Waals surface area contributed by atoms with E-state index in [2.05, 4.69) is 0 Å². The molecule has 5 nitrogen and oxygen atoms in total. The second-order valence-electron chi connectivity index (χ2n) is 3.83. The normalized spacial score (nSPS) is 13.3. The third kappa shape index (κ3) is 3.27. The summed E-state index contributed by atoms with van der Waals surface area (Å²) < 4.78 is 38.9. The number of aryl methyl sites for hydroxylation is 1. The highest BCUT2D eigenvalue weighted by Crippen LogP contribution is 2.14. The van der Waals surface area contributed by atoms with Crippen molar-refractivity contribution in [1.82, 2.24) is 4.72 Å². The number of hydrogen-bond acceptors (Lipinski definition) is 3. The molecule has 1 atom stereocenters. The Morgan fingerprint density at radius 2 is 2.11 bits per heavy atom. The second-order valence-corrected chi connectivity index (χ2v) is 5.55. The Labute approximate surface area is 105 Å². The summed E-state index contributed by atoms with van der Waals surface area (Å²) in [5, 5.41) is 8.78. The van der Waals surface area contributed by atoms with Gasteiger partial charge in [0.2, 0.25) is 10.0 Å². The molecule has 0 saturated heterocycles. The van der Waals surface area contributed by atoms with Crippen molar-refractivity contribution in [3.63, 3.8) is 0 Å². The fourth-order valence-electron chi connectivity index (χ4n) is 1.30. The predicted octanol–water partition coefficient (Wildman–Crippen LogP) is 1.28. The predicted molar refractivity (Wildman–Crippen MR) is 63.2 cm³/mol. The number of nitrogens with one attached hydrogen (secondary N) is 1. The van der Waals surface area contributed by atoms with Crippen LogP contribution < -0.4 is 4.72 Å². The number of carboxylic acids is 1. The number of rotatable bonds is 5. The molecule has 0 aliphatic heterocycles. The molecule has 100 valence electrons. The molecule has 0 aromatic heterocycles. The number of carboxylic acid groups (broad SMARTS) is 1. The van der Waals surface area contributed by atoms with Crippen molar-refractivity contribution in [1.29, 1.82) is 0 Å². The van der Waals surface area contributed by atoms with Crippen LogP contribution in [0.15, 0.2) is 23.1 Å². The van der Waals surface area contributed by atoms with Crippen molar-refractivity contribution >= 4 is 16.0 Å². The van der Waals surface area contributed by atoms with E-state index in [-0.39, 0.29) is 11.3 Å². The van der Waals surface area contributed by atoms with Crippen molar-refractivity contribution in [2.75, 3.05) is 0 Å². The molecule has 18 heavy (non-hydrogen) atoms. The molecule has 0 aliphatic rings. The molecule has 0 heterocycles. The summed E-state index contributed by atoms with van der Waals surface area (Å²) in [6, 6.07) is 2.20. The SMILES string of the molecule is CC[C@@H](NS(=O)(=O)c1ccc(C)c(F)c1)C(=O)O. The van der Waals surface area contributed by atoms with Crippen LogP contribution in [0.3, 0.4) is 0 Å². The van der Waals surface area contributed by atoms with Gasteiger partial charge in [-0.1, -0.05) is 13.0 Å². The average Bonchev–Trinajstić information content (AvgIpc) is 2.29. The first-order valence-electron chi connectivity index (χ1n) is 5.29. The summed E-state index contributed by atoms with van der Waals surface area (Å²) in [6.07, 6.45) is 0.100. The van der Waals surface area contributed by atoms with E-state index in [0.717, 1.165) is 6.07 Å². The summed E-state index contributed by atoms with van der Waals surface area (Å²) in [4.78, 5) is 10.5. The summed E-state index contributed by atoms with van der Waals surface area (Å²) >= 11 is 0. The Morgan fingerprint density at radius 1 is 1.50 bits per heavy atom. The fraction of sp³-hybridized carbons (Fsp3) is 0.364. The zero-order valence-corrected chi connectivity index (χ0v) is 10.8. The van der Waals surface area contributed by atoms with Gasteiger partial charge >= 0.3 is 5.97 Å². The Morgan fingerprint density at radius 3 is 2.56 bits per heavy atom. The number of carbonyl (C=O) groups is 1. The van der Waals surface area contributed by atoms with E-state index in [0.29, 0.717) is 5.56 Å². The Hall–Kier alpha value is -1.47. The largest absolute Gasteiger partial charge is 0.480 e. The first-order valence-corrected chi connectivity index (χ1v) is 6.77. The van der Waals surface area contributed by atoms with Gasteiger partial charge in [-0.25, -0.2) is 12.8 Å². The highest BCUT2D eigenvalue weighted by molar-refractivity contribution is 7.89. The van der Waals surface area contributed by atoms with Gasteiger partial charge in [0.25, 0.3) is 0 Å². The molecule has 7 heteroatoms. The minimum Gasteiger partial charge on any atom is -0.480 e. The smallest absolute Gasteiger partial charge is 0.321 e. The van der Waals surface area contributed by atoms with E-state index in [1.165, 1.54) is 26.0 Å². The van der Waals surface area contributed by atoms with Crippen LogP contribution in [0.2, 0.25) is 0 Å². The molecule has 1 aromatic carbocycles. The van der Waals surface area contributed by atoms with E-state index in [9.17, 15) is 17.6 Å². The van der Waals surface area contributed by atoms with Gasteiger partial charge < -0.3 is 5.11 Å². The van der Waals surface area contributed by atoms with E-state index in [1.54, 1.807) is 0 Å². The van der Waals surface area contributed by atoms with Gasteiger partial charge in [-0.2, -0.15) is 4.72 Å². The maximum Gasteiger partial charge on any atom is 0.321 e. The van der Waals surface area contributed by atoms with Crippen LogP contribution in [-0.4, -0.2) is 25.5 Å². The number of sulfonamides is 1. The van der Waals surface area contributed by atoms with Crippen molar-refractivity contribution in [3.8, 4) is 0 Å². The minimum atomic E-state index is -4.03. The average molecular weight is 275 g/mol. The van der Waals surface area contributed by atoms with Gasteiger partial charge in [0.05, 0.1) is 4.90 Å². The van der Waals surface area contributed by atoms with Crippen LogP contribution in [0.25, 0.3) is 0 Å². The molecule has 0 amide bonds. The zero-order valence-electron chi connectivity index (χ0n) is 9.97. The number of aliphatic carboxylic acids is 1. The van der Waals surface area contributed by atoms with E-state index < -0.39 is 27.9 Å². The van der Waals surface area contributed by atoms with Crippen LogP contribution in [0, 0.1) is 12.7 Å². The van der Waals surface area contributed by atoms with Gasteiger partial charge in [0.15, 0.2) is 0 Å². The molecule has 0 bridgehead atoms. The number of halogens is 1. The van der Waals surface area contributed by atoms with Crippen molar-refractivity contribution < 1.29 is 22.7 Å². The minimum absolute atomic E-state index is 0.100. The van der Waals surface area contributed by atoms with Gasteiger partial charge in [-0.3, -0.25) is 4.79 Å². The molecule has 0 fully saturated rings. The molecule has 0 unspecified atom stereocenters. The molecule has 2 N–H and O–H groups in total. The maximum absolute atomic E-state index is 13.3. The van der Waals surface area contributed by atoms with Crippen LogP contribution in [0.4, 0.5) is 4.39 Å². The van der Waals surface area contributed by atoms with Crippen LogP contribution in [0.5, 0.6) is 0 Å². The topological polar surface area (TPSA) is 83.5 Å². The second kappa shape index (κ2) is 5.45. The van der Waals surface area contributed by atoms with Crippen LogP contribution in [-0.2, 0) is 14.8 Å². The number of hydrogen-bond donors (Lipinski definition) is 2. The maximum atomic E-state index is 13.3. The summed E-state index contributed by atoms with van der Waals surface area (Å²) in [5.41, 5.74) is 0.319. The molecular weight excluding hydrogens is 261 g/mol. The van der Waals surface area contributed by atoms with Gasteiger partial charge in [0, 0.05) is 0 Å². The van der Waals surface area contributed by atoms with Gasteiger partial charge in [-0.15, -0.1) is 0 Å². The Kier molecular flexibility index (Phi) is 4.42. The monoisotopic (exact) mass is 275 g/mol. The van der Waals surface area contributed by atoms with Gasteiger partial charge in [0.1, 0.15) is 11.9 Å². The lowest BCUT2D eigenvalue weighted by atomic mass is 10.2. The molecule has 0 saturated carbocycles. The lowest BCUT2D eigenvalue weighted by Crippen LogP contribution is -2.40. The first-order chi connectivity index (χ1) is 8.27. The highest BCUT2D eigenvalue weighted by atomic mass is 32.2. The fourth-order valence-corrected chi connectivity index (χ4v) is 2.59. The lowest BCUT2D eigenvalue weighted by molar-refractivity contribution is -0.139. The Bertz CT molecular complexity index is 556. The molecule has 0 radical (unpaired) electrons. The molecule has 1 rings (SSSR count). The summed E-state index contributed by atoms with van der Waals surface area (Å²) in [5.74, 6) is -1.92. The Balaban J connectivity index is 3.06. The molecule has 1 aromatic rings. The number of benzene rings is 1. The van der Waals surface area contributed by atoms with Crippen LogP contribution >= 0.6 is 0 Å². The molecule has 0 spiro atoms. The molecule has 0 aliphatic carbocycles. The van der Waals surface area contributed by atoms with Crippen LogP contribution in [0.1, 0.15) is 18.9 Å². The van der Waals surface area contributed by atoms with Crippen molar-refractivity contribution in [3.05, 3.63) is 29.6 Å². The van der Waals surface area contributed by atoms with Crippen molar-refractivity contribution in [2.45, 2.75) is 31.2 Å².